The van der Waals surface area contributed by atoms with Crippen molar-refractivity contribution in [2.24, 2.45) is 5.41 Å². The van der Waals surface area contributed by atoms with Crippen molar-refractivity contribution in [3.63, 3.8) is 0 Å². The number of nitrogens with zero attached hydrogens (tertiary/aromatic N) is 1. The van der Waals surface area contributed by atoms with Crippen LogP contribution in [0, 0.1) is 15.5 Å². The molecule has 1 aliphatic rings. The van der Waals surface area contributed by atoms with E-state index in [1.807, 2.05) is 0 Å². The maximum atomic E-state index is 13.0. The molecule has 0 aliphatic carbocycles. The number of ether oxygens (including phenoxy) is 2. The van der Waals surface area contributed by atoms with Crippen LogP contribution in [-0.2, 0) is 23.9 Å². The SMILES string of the molecule is COC(=O)C1=C(C)NC(C)=C(C(=O)OC(=O)C(C)(C)C)C1c1cccc([N+](=O)[O-])c1. The molecule has 1 heterocycles. The highest BCUT2D eigenvalue weighted by Gasteiger charge is 2.39. The van der Waals surface area contributed by atoms with Crippen molar-refractivity contribution >= 4 is 23.6 Å². The van der Waals surface area contributed by atoms with E-state index in [-0.39, 0.29) is 16.8 Å². The van der Waals surface area contributed by atoms with E-state index in [1.165, 1.54) is 25.3 Å². The number of methoxy groups -OCH3 is 1. The van der Waals surface area contributed by atoms with E-state index in [0.29, 0.717) is 17.0 Å². The van der Waals surface area contributed by atoms with Gasteiger partial charge >= 0.3 is 17.9 Å². The normalized spacial score (nSPS) is 16.7. The van der Waals surface area contributed by atoms with Crippen molar-refractivity contribution < 1.29 is 28.8 Å². The molecule has 9 nitrogen and oxygen atoms in total. The Kier molecular flexibility index (Phi) is 6.44. The summed E-state index contributed by atoms with van der Waals surface area (Å²) < 4.78 is 9.94. The minimum absolute atomic E-state index is 0.000835. The first-order chi connectivity index (χ1) is 13.9. The van der Waals surface area contributed by atoms with Crippen molar-refractivity contribution in [1.82, 2.24) is 5.32 Å². The van der Waals surface area contributed by atoms with E-state index in [0.717, 1.165) is 0 Å². The van der Waals surface area contributed by atoms with Gasteiger partial charge in [-0.2, -0.15) is 0 Å². The summed E-state index contributed by atoms with van der Waals surface area (Å²) in [6.07, 6.45) is 0. The van der Waals surface area contributed by atoms with Crippen molar-refractivity contribution in [1.29, 1.82) is 0 Å². The van der Waals surface area contributed by atoms with Crippen LogP contribution < -0.4 is 5.32 Å². The monoisotopic (exact) mass is 416 g/mol. The van der Waals surface area contributed by atoms with Gasteiger partial charge in [-0.05, 0) is 40.2 Å². The van der Waals surface area contributed by atoms with Crippen LogP contribution in [0.3, 0.4) is 0 Å². The highest BCUT2D eigenvalue weighted by molar-refractivity contribution is 6.03. The smallest absolute Gasteiger partial charge is 0.344 e. The van der Waals surface area contributed by atoms with Gasteiger partial charge < -0.3 is 14.8 Å². The Morgan fingerprint density at radius 2 is 1.63 bits per heavy atom. The van der Waals surface area contributed by atoms with Crippen LogP contribution in [0.1, 0.15) is 46.1 Å². The molecule has 2 rings (SSSR count). The maximum absolute atomic E-state index is 13.0. The summed E-state index contributed by atoms with van der Waals surface area (Å²) >= 11 is 0. The molecule has 0 radical (unpaired) electrons. The number of benzene rings is 1. The van der Waals surface area contributed by atoms with E-state index < -0.39 is 34.2 Å². The summed E-state index contributed by atoms with van der Waals surface area (Å²) in [4.78, 5) is 48.5. The number of allylic oxidation sites excluding steroid dienone is 2. The average Bonchev–Trinajstić information content (AvgIpc) is 2.65. The van der Waals surface area contributed by atoms with Crippen molar-refractivity contribution in [3.05, 3.63) is 62.5 Å². The molecule has 9 heteroatoms. The van der Waals surface area contributed by atoms with Crippen LogP contribution in [0.2, 0.25) is 0 Å². The van der Waals surface area contributed by atoms with Gasteiger partial charge in [0.2, 0.25) is 0 Å². The third-order valence-corrected chi connectivity index (χ3v) is 4.60. The van der Waals surface area contributed by atoms with Gasteiger partial charge in [0.25, 0.3) is 5.69 Å². The third-order valence-electron chi connectivity index (χ3n) is 4.60. The largest absolute Gasteiger partial charge is 0.466 e. The molecule has 0 spiro atoms. The Morgan fingerprint density at radius 1 is 1.07 bits per heavy atom. The predicted molar refractivity (Wildman–Crippen MR) is 107 cm³/mol. The van der Waals surface area contributed by atoms with E-state index in [2.05, 4.69) is 5.32 Å². The molecule has 0 aromatic heterocycles. The van der Waals surface area contributed by atoms with Gasteiger partial charge in [-0.3, -0.25) is 14.9 Å². The second-order valence-corrected chi connectivity index (χ2v) is 7.91. The standard InChI is InChI=1S/C21H24N2O7/c1-11-15(18(24)29-6)17(13-8-7-9-14(10-13)23(27)28)16(12(2)22-11)19(25)30-20(26)21(3,4)5/h7-10,17,22H,1-6H3. The van der Waals surface area contributed by atoms with E-state index >= 15 is 0 Å². The van der Waals surface area contributed by atoms with E-state index in [4.69, 9.17) is 9.47 Å². The number of hydrogen-bond acceptors (Lipinski definition) is 8. The number of nitro groups is 1. The van der Waals surface area contributed by atoms with Gasteiger partial charge in [-0.1, -0.05) is 12.1 Å². The summed E-state index contributed by atoms with van der Waals surface area (Å²) in [5.74, 6) is -3.41. The van der Waals surface area contributed by atoms with Gasteiger partial charge in [0.1, 0.15) is 0 Å². The second kappa shape index (κ2) is 8.48. The number of hydrogen-bond donors (Lipinski definition) is 1. The molecular formula is C21H24N2O7. The fourth-order valence-electron chi connectivity index (χ4n) is 3.09. The highest BCUT2D eigenvalue weighted by Crippen LogP contribution is 2.40. The lowest BCUT2D eigenvalue weighted by Gasteiger charge is -2.30. The third kappa shape index (κ3) is 4.56. The zero-order valence-corrected chi connectivity index (χ0v) is 17.7. The van der Waals surface area contributed by atoms with Crippen LogP contribution >= 0.6 is 0 Å². The van der Waals surface area contributed by atoms with Crippen molar-refractivity contribution in [2.75, 3.05) is 7.11 Å². The summed E-state index contributed by atoms with van der Waals surface area (Å²) in [7, 11) is 1.19. The Balaban J connectivity index is 2.66. The lowest BCUT2D eigenvalue weighted by atomic mass is 9.80. The Labute approximate surface area is 173 Å². The van der Waals surface area contributed by atoms with Crippen LogP contribution in [0.4, 0.5) is 5.69 Å². The number of non-ortho nitro benzene ring substituents is 1. The minimum atomic E-state index is -1.01. The molecule has 0 amide bonds. The molecular weight excluding hydrogens is 392 g/mol. The van der Waals surface area contributed by atoms with Crippen molar-refractivity contribution in [3.8, 4) is 0 Å². The lowest BCUT2D eigenvalue weighted by molar-refractivity contribution is -0.384. The summed E-state index contributed by atoms with van der Waals surface area (Å²) in [5, 5.41) is 14.2. The average molecular weight is 416 g/mol. The molecule has 0 bridgehead atoms. The first kappa shape index (κ1) is 22.8. The van der Waals surface area contributed by atoms with Crippen molar-refractivity contribution in [2.45, 2.75) is 40.5 Å². The van der Waals surface area contributed by atoms with Crippen LogP contribution in [-0.4, -0.2) is 29.9 Å². The van der Waals surface area contributed by atoms with Crippen LogP contribution in [0.15, 0.2) is 46.8 Å². The zero-order chi connectivity index (χ0) is 22.8. The van der Waals surface area contributed by atoms with E-state index in [9.17, 15) is 24.5 Å². The van der Waals surface area contributed by atoms with Gasteiger partial charge in [0.05, 0.1) is 34.5 Å². The topological polar surface area (TPSA) is 125 Å². The number of dihydropyridines is 1. The first-order valence-corrected chi connectivity index (χ1v) is 9.16. The fourth-order valence-corrected chi connectivity index (χ4v) is 3.09. The molecule has 1 N–H and O–H groups in total. The lowest BCUT2D eigenvalue weighted by Crippen LogP contribution is -2.34. The van der Waals surface area contributed by atoms with Gasteiger partial charge in [-0.25, -0.2) is 9.59 Å². The first-order valence-electron chi connectivity index (χ1n) is 9.16. The van der Waals surface area contributed by atoms with Crippen LogP contribution in [0.5, 0.6) is 0 Å². The predicted octanol–water partition coefficient (Wildman–Crippen LogP) is 3.12. The van der Waals surface area contributed by atoms with Gasteiger partial charge in [-0.15, -0.1) is 0 Å². The van der Waals surface area contributed by atoms with Gasteiger partial charge in [0, 0.05) is 23.5 Å². The summed E-state index contributed by atoms with van der Waals surface area (Å²) in [6, 6.07) is 5.60. The Bertz CT molecular complexity index is 983. The molecule has 0 fully saturated rings. The molecule has 1 aliphatic heterocycles. The number of carbonyl (C=O) groups excluding carboxylic acids is 3. The second-order valence-electron chi connectivity index (χ2n) is 7.91. The van der Waals surface area contributed by atoms with Gasteiger partial charge in [0.15, 0.2) is 0 Å². The highest BCUT2D eigenvalue weighted by atomic mass is 16.6. The number of carbonyl (C=O) groups is 3. The molecule has 160 valence electrons. The molecule has 1 atom stereocenters. The fraction of sp³-hybridized carbons (Fsp3) is 0.381. The molecule has 30 heavy (non-hydrogen) atoms. The molecule has 1 unspecified atom stereocenters. The maximum Gasteiger partial charge on any atom is 0.344 e. The number of rotatable bonds is 4. The molecule has 0 saturated heterocycles. The molecule has 0 saturated carbocycles. The number of nitro benzene ring substituents is 1. The number of nitrogens with one attached hydrogen (secondary N) is 1. The summed E-state index contributed by atoms with van der Waals surface area (Å²) in [6.45, 7) is 8.03. The minimum Gasteiger partial charge on any atom is -0.466 e. The Hall–Kier alpha value is -3.49. The number of esters is 3. The Morgan fingerprint density at radius 3 is 2.13 bits per heavy atom. The summed E-state index contributed by atoms with van der Waals surface area (Å²) in [5.41, 5.74) is 0.0734. The molecule has 1 aromatic carbocycles. The molecule has 1 aromatic rings. The van der Waals surface area contributed by atoms with E-state index in [1.54, 1.807) is 40.7 Å². The van der Waals surface area contributed by atoms with Crippen LogP contribution in [0.25, 0.3) is 0 Å². The quantitative estimate of drug-likeness (QED) is 0.343. The zero-order valence-electron chi connectivity index (χ0n) is 17.7.